The summed E-state index contributed by atoms with van der Waals surface area (Å²) < 4.78 is 57.6. The topological polar surface area (TPSA) is 136 Å². The van der Waals surface area contributed by atoms with E-state index in [9.17, 15) is 22.4 Å². The number of nitrogen functional groups attached to an aromatic ring is 1. The van der Waals surface area contributed by atoms with E-state index in [1.54, 1.807) is 65.6 Å². The maximum absolute atomic E-state index is 13.3. The van der Waals surface area contributed by atoms with Crippen molar-refractivity contribution in [2.45, 2.75) is 19.9 Å². The van der Waals surface area contributed by atoms with Gasteiger partial charge in [0.15, 0.2) is 0 Å². The Labute approximate surface area is 287 Å². The number of H-pyrrole nitrogens is 1. The summed E-state index contributed by atoms with van der Waals surface area (Å²) in [4.78, 5) is 31.6. The molecule has 6 aromatic heterocycles. The molecular weight excluding hydrogens is 664 g/mol. The number of fused-ring (bicyclic) bond motifs is 2. The van der Waals surface area contributed by atoms with Gasteiger partial charge in [-0.3, -0.25) is 10.1 Å². The van der Waals surface area contributed by atoms with Crippen molar-refractivity contribution in [2.75, 3.05) is 11.1 Å². The summed E-state index contributed by atoms with van der Waals surface area (Å²) in [6, 6.07) is 19.1. The zero-order valence-electron chi connectivity index (χ0n) is 26.8. The Morgan fingerprint density at radius 3 is 1.90 bits per heavy atom. The molecule has 0 atom stereocenters. The van der Waals surface area contributed by atoms with Gasteiger partial charge in [0.2, 0.25) is 17.8 Å². The van der Waals surface area contributed by atoms with Gasteiger partial charge in [0.05, 0.1) is 29.3 Å². The Bertz CT molecular complexity index is 2480. The number of aromatic nitrogens is 8. The number of aromatic amines is 1. The van der Waals surface area contributed by atoms with E-state index in [2.05, 4.69) is 30.2 Å². The molecule has 8 aromatic rings. The molecule has 0 radical (unpaired) electrons. The molecule has 0 aliphatic heterocycles. The highest BCUT2D eigenvalue weighted by Gasteiger charge is 2.22. The minimum Gasteiger partial charge on any atom is -0.369 e. The van der Waals surface area contributed by atoms with E-state index in [0.717, 1.165) is 22.4 Å². The van der Waals surface area contributed by atoms with Gasteiger partial charge in [-0.2, -0.15) is 0 Å². The number of nitrogens with one attached hydrogen (secondary N) is 2. The van der Waals surface area contributed by atoms with Crippen LogP contribution in [0.3, 0.4) is 0 Å². The zero-order chi connectivity index (χ0) is 35.6. The van der Waals surface area contributed by atoms with Crippen molar-refractivity contribution in [1.82, 2.24) is 38.3 Å². The van der Waals surface area contributed by atoms with Crippen LogP contribution in [0.4, 0.5) is 29.5 Å². The third kappa shape index (κ3) is 6.90. The van der Waals surface area contributed by atoms with Crippen LogP contribution < -0.4 is 11.1 Å². The molecule has 256 valence electrons. The van der Waals surface area contributed by atoms with Gasteiger partial charge in [0.25, 0.3) is 6.43 Å². The molecule has 51 heavy (non-hydrogen) atoms. The summed E-state index contributed by atoms with van der Waals surface area (Å²) in [6.45, 7) is 0.828. The Morgan fingerprint density at radius 1 is 0.765 bits per heavy atom. The van der Waals surface area contributed by atoms with Gasteiger partial charge < -0.3 is 24.1 Å². The van der Waals surface area contributed by atoms with Crippen molar-refractivity contribution in [3.63, 3.8) is 0 Å². The molecule has 0 bridgehead atoms. The average molecular weight is 693 g/mol. The number of hydrogen-bond donors (Lipinski definition) is 3. The molecule has 2 aromatic carbocycles. The molecule has 1 amide bonds. The molecule has 8 rings (SSSR count). The van der Waals surface area contributed by atoms with Gasteiger partial charge in [-0.05, 0) is 72.8 Å². The lowest BCUT2D eigenvalue weighted by Crippen LogP contribution is -2.11. The van der Waals surface area contributed by atoms with Crippen LogP contribution in [0.25, 0.3) is 56.3 Å². The molecule has 4 N–H and O–H groups in total. The second-order valence-corrected chi connectivity index (χ2v) is 11.4. The van der Waals surface area contributed by atoms with E-state index in [-0.39, 0.29) is 17.7 Å². The summed E-state index contributed by atoms with van der Waals surface area (Å²) in [5.74, 6) is -0.615. The van der Waals surface area contributed by atoms with Crippen LogP contribution in [-0.2, 0) is 11.3 Å². The van der Waals surface area contributed by atoms with Crippen LogP contribution in [0.15, 0.2) is 110 Å². The number of benzene rings is 2. The molecule has 0 aliphatic carbocycles. The maximum atomic E-state index is 13.3. The first-order valence-corrected chi connectivity index (χ1v) is 15.5. The number of nitrogens with two attached hydrogens (primary N) is 1. The number of alkyl halides is 2. The quantitative estimate of drug-likeness (QED) is 0.150. The van der Waals surface area contributed by atoms with Gasteiger partial charge in [0, 0.05) is 66.4 Å². The van der Waals surface area contributed by atoms with Crippen LogP contribution in [0, 0.1) is 11.6 Å². The lowest BCUT2D eigenvalue weighted by molar-refractivity contribution is -0.114. The molecule has 0 aliphatic rings. The number of imidazole rings is 4. The highest BCUT2D eigenvalue weighted by atomic mass is 19.3. The third-order valence-electron chi connectivity index (χ3n) is 7.89. The fraction of sp³-hybridized carbons (Fsp3) is 0.0833. The number of carbonyl (C=O) groups is 1. The molecule has 0 saturated heterocycles. The van der Waals surface area contributed by atoms with Crippen LogP contribution in [0.1, 0.15) is 6.92 Å². The first-order chi connectivity index (χ1) is 24.6. The number of nitrogens with zero attached hydrogens (tertiary/aromatic N) is 7. The highest BCUT2D eigenvalue weighted by Crippen LogP contribution is 2.35. The van der Waals surface area contributed by atoms with Crippen molar-refractivity contribution < 1.29 is 22.4 Å². The molecular formula is C36H28F4N10O. The number of carbonyl (C=O) groups excluding carboxylic acids is 1. The van der Waals surface area contributed by atoms with Crippen molar-refractivity contribution in [3.8, 4) is 45.0 Å². The van der Waals surface area contributed by atoms with Crippen molar-refractivity contribution in [3.05, 3.63) is 122 Å². The van der Waals surface area contributed by atoms with E-state index in [0.29, 0.717) is 39.9 Å². The molecule has 6 heterocycles. The van der Waals surface area contributed by atoms with Gasteiger partial charge >= 0.3 is 0 Å². The Kier molecular flexibility index (Phi) is 8.75. The number of amides is 1. The number of halogens is 4. The Morgan fingerprint density at radius 2 is 1.31 bits per heavy atom. The highest BCUT2D eigenvalue weighted by molar-refractivity contribution is 5.89. The standard InChI is InChI=1S/C18H14F3N5.C18H14FN5O/c19-13-4-1-11(2-5-13)16-17(26(10-14(20)21)18(22)24-16)12-3-6-15-23-7-8-25(15)9-12;1-11(25)21-18-22-16(12-2-5-14(19)6-3-12)17(23-18)13-4-7-15-20-8-9-24(15)10-13/h1-9,14H,10H2,(H2,22,24);2-10H,1H3,(H2,21,22,23,25). The summed E-state index contributed by atoms with van der Waals surface area (Å²) >= 11 is 0. The first-order valence-electron chi connectivity index (χ1n) is 15.5. The largest absolute Gasteiger partial charge is 0.369 e. The van der Waals surface area contributed by atoms with Crippen LogP contribution in [0.2, 0.25) is 0 Å². The Balaban J connectivity index is 0.000000159. The molecule has 15 heteroatoms. The lowest BCUT2D eigenvalue weighted by Gasteiger charge is -2.11. The van der Waals surface area contributed by atoms with E-state index in [1.807, 2.05) is 28.9 Å². The first kappa shape index (κ1) is 32.8. The fourth-order valence-corrected chi connectivity index (χ4v) is 5.65. The zero-order valence-corrected chi connectivity index (χ0v) is 26.8. The molecule has 0 spiro atoms. The van der Waals surface area contributed by atoms with Crippen molar-refractivity contribution in [1.29, 1.82) is 0 Å². The minimum atomic E-state index is -2.59. The van der Waals surface area contributed by atoms with Crippen LogP contribution in [0.5, 0.6) is 0 Å². The summed E-state index contributed by atoms with van der Waals surface area (Å²) in [5.41, 5.74) is 12.5. The summed E-state index contributed by atoms with van der Waals surface area (Å²) in [7, 11) is 0. The number of pyridine rings is 2. The van der Waals surface area contributed by atoms with Gasteiger partial charge in [-0.1, -0.05) is 0 Å². The van der Waals surface area contributed by atoms with Gasteiger partial charge in [0.1, 0.15) is 22.9 Å². The van der Waals surface area contributed by atoms with Gasteiger partial charge in [-0.25, -0.2) is 37.5 Å². The second kappa shape index (κ2) is 13.6. The molecule has 0 unspecified atom stereocenters. The molecule has 0 saturated carbocycles. The monoisotopic (exact) mass is 692 g/mol. The Hall–Kier alpha value is -6.77. The van der Waals surface area contributed by atoms with E-state index >= 15 is 0 Å². The van der Waals surface area contributed by atoms with E-state index < -0.39 is 18.8 Å². The third-order valence-corrected chi connectivity index (χ3v) is 7.89. The molecule has 11 nitrogen and oxygen atoms in total. The van der Waals surface area contributed by atoms with E-state index in [1.165, 1.54) is 35.8 Å². The average Bonchev–Trinajstić information content (AvgIpc) is 3.91. The van der Waals surface area contributed by atoms with Crippen LogP contribution >= 0.6 is 0 Å². The smallest absolute Gasteiger partial charge is 0.256 e. The predicted molar refractivity (Wildman–Crippen MR) is 185 cm³/mol. The van der Waals surface area contributed by atoms with E-state index in [4.69, 9.17) is 5.73 Å². The normalized spacial score (nSPS) is 11.3. The van der Waals surface area contributed by atoms with Crippen LogP contribution in [-0.4, -0.2) is 50.6 Å². The maximum Gasteiger partial charge on any atom is 0.256 e. The minimum absolute atomic E-state index is 0.0228. The second-order valence-electron chi connectivity index (χ2n) is 11.4. The van der Waals surface area contributed by atoms with Crippen molar-refractivity contribution >= 4 is 29.1 Å². The van der Waals surface area contributed by atoms with Gasteiger partial charge in [-0.15, -0.1) is 0 Å². The fourth-order valence-electron chi connectivity index (χ4n) is 5.65. The van der Waals surface area contributed by atoms with Crippen molar-refractivity contribution in [2.24, 2.45) is 0 Å². The number of anilines is 2. The summed E-state index contributed by atoms with van der Waals surface area (Å²) in [6.07, 6.45) is 8.05. The summed E-state index contributed by atoms with van der Waals surface area (Å²) in [5, 5.41) is 2.65. The number of rotatable bonds is 7. The predicted octanol–water partition coefficient (Wildman–Crippen LogP) is 7.34. The lowest BCUT2D eigenvalue weighted by atomic mass is 10.1. The molecule has 0 fully saturated rings. The number of hydrogen-bond acceptors (Lipinski definition) is 6. The SMILES string of the molecule is CC(=O)Nc1nc(-c2ccc3nccn3c2)c(-c2ccc(F)cc2)[nH]1.Nc1nc(-c2ccc(F)cc2)c(-c2ccc3nccn3c2)n1CC(F)F.